The molecule has 2 aromatic rings. The van der Waals surface area contributed by atoms with Crippen molar-refractivity contribution in [1.82, 2.24) is 4.90 Å². The van der Waals surface area contributed by atoms with Crippen molar-refractivity contribution in [2.45, 2.75) is 38.3 Å². The maximum Gasteiger partial charge on any atom is 0.416 e. The highest BCUT2D eigenvalue weighted by molar-refractivity contribution is 5.95. The van der Waals surface area contributed by atoms with Gasteiger partial charge in [0.25, 0.3) is 0 Å². The smallest absolute Gasteiger partial charge is 0.366 e. The molecule has 2 atom stereocenters. The van der Waals surface area contributed by atoms with Gasteiger partial charge in [0.15, 0.2) is 0 Å². The molecule has 0 aromatic heterocycles. The van der Waals surface area contributed by atoms with Crippen LogP contribution in [0.1, 0.15) is 52.9 Å². The van der Waals surface area contributed by atoms with Crippen LogP contribution in [0, 0.1) is 5.92 Å². The van der Waals surface area contributed by atoms with Gasteiger partial charge in [0.05, 0.1) is 5.56 Å². The van der Waals surface area contributed by atoms with Crippen molar-refractivity contribution in [3.63, 3.8) is 0 Å². The number of amides is 1. The van der Waals surface area contributed by atoms with Gasteiger partial charge in [-0.3, -0.25) is 4.79 Å². The Hall–Kier alpha value is -2.34. The van der Waals surface area contributed by atoms with Gasteiger partial charge in [0.1, 0.15) is 0 Å². The Kier molecular flexibility index (Phi) is 5.77. The molecule has 2 unspecified atom stereocenters. The first kappa shape index (κ1) is 21.4. The lowest BCUT2D eigenvalue weighted by Gasteiger charge is -2.47. The van der Waals surface area contributed by atoms with E-state index in [1.165, 1.54) is 6.07 Å². The molecule has 1 fully saturated rings. The van der Waals surface area contributed by atoms with Gasteiger partial charge in [-0.25, -0.2) is 0 Å². The Labute approximate surface area is 169 Å². The number of rotatable bonds is 4. The predicted molar refractivity (Wildman–Crippen MR) is 108 cm³/mol. The number of piperidine rings is 1. The fourth-order valence-corrected chi connectivity index (χ4v) is 5.10. The Bertz CT molecular complexity index is 883. The molecular weight excluding hydrogens is 377 g/mol. The third kappa shape index (κ3) is 3.90. The van der Waals surface area contributed by atoms with E-state index >= 15 is 0 Å². The average Bonchev–Trinajstić information content (AvgIpc) is 2.65. The van der Waals surface area contributed by atoms with E-state index in [0.29, 0.717) is 24.9 Å². The molecule has 0 radical (unpaired) electrons. The molecule has 1 aliphatic rings. The Morgan fingerprint density at radius 3 is 2.38 bits per heavy atom. The van der Waals surface area contributed by atoms with Crippen LogP contribution in [0.25, 0.3) is 0 Å². The number of nitrogens with zero attached hydrogens (tertiary/aromatic N) is 1. The van der Waals surface area contributed by atoms with Gasteiger partial charge >= 0.3 is 6.18 Å². The fourth-order valence-electron chi connectivity index (χ4n) is 5.10. The number of halogens is 3. The standard InChI is InChI=1S/C23H27F3N2O/c1-4-17-18(21(27)29)10-11-19(23(24,25)26)20(17)22(16-8-6-5-7-9-16)12-15(2)13-28(3)14-22/h5-11,15H,4,12-14H2,1-3H3,(H2,27,29). The van der Waals surface area contributed by atoms with E-state index in [9.17, 15) is 18.0 Å². The van der Waals surface area contributed by atoms with Crippen LogP contribution >= 0.6 is 0 Å². The number of likely N-dealkylation sites (tertiary alicyclic amines) is 1. The van der Waals surface area contributed by atoms with E-state index in [4.69, 9.17) is 5.73 Å². The number of carbonyl (C=O) groups is 1. The van der Waals surface area contributed by atoms with E-state index in [2.05, 4.69) is 11.8 Å². The van der Waals surface area contributed by atoms with Gasteiger partial charge < -0.3 is 10.6 Å². The average molecular weight is 404 g/mol. The van der Waals surface area contributed by atoms with Crippen molar-refractivity contribution in [1.29, 1.82) is 0 Å². The maximum atomic E-state index is 14.2. The van der Waals surface area contributed by atoms with E-state index in [1.807, 2.05) is 37.4 Å². The summed E-state index contributed by atoms with van der Waals surface area (Å²) in [6, 6.07) is 11.6. The number of nitrogens with two attached hydrogens (primary N) is 1. The molecule has 3 rings (SSSR count). The van der Waals surface area contributed by atoms with Crippen LogP contribution in [0.3, 0.4) is 0 Å². The lowest BCUT2D eigenvalue weighted by Crippen LogP contribution is -2.49. The third-order valence-electron chi connectivity index (χ3n) is 5.90. The van der Waals surface area contributed by atoms with Crippen LogP contribution in [0.15, 0.2) is 42.5 Å². The summed E-state index contributed by atoms with van der Waals surface area (Å²) in [7, 11) is 1.93. The van der Waals surface area contributed by atoms with Crippen LogP contribution < -0.4 is 5.73 Å². The lowest BCUT2D eigenvalue weighted by atomic mass is 9.63. The quantitative estimate of drug-likeness (QED) is 0.808. The normalized spacial score (nSPS) is 23.2. The third-order valence-corrected chi connectivity index (χ3v) is 5.90. The first-order chi connectivity index (χ1) is 13.6. The zero-order valence-corrected chi connectivity index (χ0v) is 17.0. The molecule has 29 heavy (non-hydrogen) atoms. The topological polar surface area (TPSA) is 46.3 Å². The Morgan fingerprint density at radius 2 is 1.86 bits per heavy atom. The zero-order chi connectivity index (χ0) is 21.4. The summed E-state index contributed by atoms with van der Waals surface area (Å²) in [5, 5.41) is 0. The minimum atomic E-state index is -4.53. The Morgan fingerprint density at radius 1 is 1.21 bits per heavy atom. The number of hydrogen-bond donors (Lipinski definition) is 1. The summed E-state index contributed by atoms with van der Waals surface area (Å²) in [6.07, 6.45) is -3.67. The summed E-state index contributed by atoms with van der Waals surface area (Å²) < 4.78 is 42.6. The highest BCUT2D eigenvalue weighted by Gasteiger charge is 2.47. The largest absolute Gasteiger partial charge is 0.416 e. The monoisotopic (exact) mass is 404 g/mol. The van der Waals surface area contributed by atoms with Gasteiger partial charge in [-0.2, -0.15) is 13.2 Å². The molecule has 1 amide bonds. The van der Waals surface area contributed by atoms with Gasteiger partial charge in [0.2, 0.25) is 5.91 Å². The zero-order valence-electron chi connectivity index (χ0n) is 17.0. The number of alkyl halides is 3. The summed E-state index contributed by atoms with van der Waals surface area (Å²) >= 11 is 0. The minimum absolute atomic E-state index is 0.173. The maximum absolute atomic E-state index is 14.2. The summed E-state index contributed by atoms with van der Waals surface area (Å²) in [5.74, 6) is -0.505. The molecule has 1 heterocycles. The number of primary amides is 1. The van der Waals surface area contributed by atoms with Crippen molar-refractivity contribution in [3.8, 4) is 0 Å². The van der Waals surface area contributed by atoms with Gasteiger partial charge in [0, 0.05) is 24.1 Å². The molecular formula is C23H27F3N2O. The summed E-state index contributed by atoms with van der Waals surface area (Å²) in [5.41, 5.74) is 5.61. The fraction of sp³-hybridized carbons (Fsp3) is 0.435. The second-order valence-corrected chi connectivity index (χ2v) is 8.18. The first-order valence-electron chi connectivity index (χ1n) is 9.87. The molecule has 1 aliphatic heterocycles. The first-order valence-corrected chi connectivity index (χ1v) is 9.87. The number of carbonyl (C=O) groups excluding carboxylic acids is 1. The molecule has 0 saturated carbocycles. The summed E-state index contributed by atoms with van der Waals surface area (Å²) in [6.45, 7) is 5.09. The predicted octanol–water partition coefficient (Wildman–Crippen LogP) is 4.62. The highest BCUT2D eigenvalue weighted by Crippen LogP contribution is 2.48. The molecule has 6 heteroatoms. The van der Waals surface area contributed by atoms with Crippen LogP contribution in [-0.2, 0) is 18.0 Å². The molecule has 1 saturated heterocycles. The molecule has 2 aromatic carbocycles. The van der Waals surface area contributed by atoms with E-state index < -0.39 is 23.1 Å². The second kappa shape index (κ2) is 7.82. The van der Waals surface area contributed by atoms with Crippen molar-refractivity contribution in [2.24, 2.45) is 11.7 Å². The van der Waals surface area contributed by atoms with E-state index in [-0.39, 0.29) is 17.0 Å². The number of hydrogen-bond acceptors (Lipinski definition) is 2. The Balaban J connectivity index is 2.44. The van der Waals surface area contributed by atoms with Gasteiger partial charge in [-0.05, 0) is 54.6 Å². The highest BCUT2D eigenvalue weighted by atomic mass is 19.4. The number of benzene rings is 2. The molecule has 0 bridgehead atoms. The molecule has 2 N–H and O–H groups in total. The second-order valence-electron chi connectivity index (χ2n) is 8.18. The van der Waals surface area contributed by atoms with Crippen LogP contribution in [0.4, 0.5) is 13.2 Å². The van der Waals surface area contributed by atoms with Crippen LogP contribution in [0.2, 0.25) is 0 Å². The van der Waals surface area contributed by atoms with E-state index in [1.54, 1.807) is 6.92 Å². The van der Waals surface area contributed by atoms with Crippen LogP contribution in [-0.4, -0.2) is 30.9 Å². The SMILES string of the molecule is CCc1c(C(N)=O)ccc(C(F)(F)F)c1C1(c2ccccc2)CC(C)CN(C)C1. The molecule has 156 valence electrons. The molecule has 0 spiro atoms. The van der Waals surface area contributed by atoms with Gasteiger partial charge in [-0.15, -0.1) is 0 Å². The lowest BCUT2D eigenvalue weighted by molar-refractivity contribution is -0.139. The van der Waals surface area contributed by atoms with E-state index in [0.717, 1.165) is 18.2 Å². The summed E-state index contributed by atoms with van der Waals surface area (Å²) in [4.78, 5) is 14.2. The van der Waals surface area contributed by atoms with Crippen LogP contribution in [0.5, 0.6) is 0 Å². The number of likely N-dealkylation sites (N-methyl/N-ethyl adjacent to an activating group) is 1. The van der Waals surface area contributed by atoms with Crippen molar-refractivity contribution in [3.05, 3.63) is 70.3 Å². The molecule has 0 aliphatic carbocycles. The molecule has 3 nitrogen and oxygen atoms in total. The van der Waals surface area contributed by atoms with Crippen molar-refractivity contribution >= 4 is 5.91 Å². The van der Waals surface area contributed by atoms with Crippen molar-refractivity contribution < 1.29 is 18.0 Å². The minimum Gasteiger partial charge on any atom is -0.366 e. The van der Waals surface area contributed by atoms with Crippen molar-refractivity contribution in [2.75, 3.05) is 20.1 Å². The van der Waals surface area contributed by atoms with Gasteiger partial charge in [-0.1, -0.05) is 44.2 Å².